The second kappa shape index (κ2) is 8.44. The molecule has 5 rings (SSSR count). The van der Waals surface area contributed by atoms with Crippen LogP contribution in [0.4, 0.5) is 0 Å². The van der Waals surface area contributed by atoms with Gasteiger partial charge in [0.2, 0.25) is 0 Å². The van der Waals surface area contributed by atoms with Crippen LogP contribution >= 0.6 is 11.8 Å². The number of likely N-dealkylation sites (tertiary alicyclic amines) is 1. The number of rotatable bonds is 5. The Hall–Kier alpha value is -2.30. The van der Waals surface area contributed by atoms with Crippen LogP contribution in [0.1, 0.15) is 41.6 Å². The second-order valence-corrected chi connectivity index (χ2v) is 9.56. The maximum atomic E-state index is 13.0. The van der Waals surface area contributed by atoms with E-state index >= 15 is 0 Å². The first-order valence-electron chi connectivity index (χ1n) is 10.8. The molecule has 2 atom stereocenters. The average Bonchev–Trinajstić information content (AvgIpc) is 3.28. The molecule has 1 saturated heterocycles. The SMILES string of the molecule is CC(CC(=O)c1ccc2cc3c(cc2c1)OCCS3)N1CCC(c2ccccc2)C1. The van der Waals surface area contributed by atoms with Crippen LogP contribution in [-0.4, -0.2) is 42.2 Å². The van der Waals surface area contributed by atoms with Crippen molar-refractivity contribution in [3.63, 3.8) is 0 Å². The Morgan fingerprint density at radius 1 is 1.13 bits per heavy atom. The third kappa shape index (κ3) is 3.99. The predicted octanol–water partition coefficient (Wildman–Crippen LogP) is 5.78. The normalized spacial score (nSPS) is 20.0. The number of ether oxygens (including phenoxy) is 1. The van der Waals surface area contributed by atoms with Crippen molar-refractivity contribution in [3.8, 4) is 5.75 Å². The first-order valence-corrected chi connectivity index (χ1v) is 11.8. The van der Waals surface area contributed by atoms with Gasteiger partial charge < -0.3 is 4.74 Å². The molecule has 1 fully saturated rings. The third-order valence-electron chi connectivity index (χ3n) is 6.42. The molecule has 0 radical (unpaired) electrons. The topological polar surface area (TPSA) is 29.5 Å². The van der Waals surface area contributed by atoms with Crippen LogP contribution in [0.3, 0.4) is 0 Å². The Balaban J connectivity index is 1.27. The van der Waals surface area contributed by atoms with Crippen LogP contribution in [0.2, 0.25) is 0 Å². The number of carbonyl (C=O) groups is 1. The Kier molecular flexibility index (Phi) is 5.53. The van der Waals surface area contributed by atoms with Crippen LogP contribution in [0.25, 0.3) is 10.8 Å². The lowest BCUT2D eigenvalue weighted by atomic mass is 9.98. The van der Waals surface area contributed by atoms with E-state index in [1.165, 1.54) is 22.3 Å². The molecule has 0 bridgehead atoms. The summed E-state index contributed by atoms with van der Waals surface area (Å²) in [5.74, 6) is 2.74. The number of hydrogen-bond donors (Lipinski definition) is 0. The summed E-state index contributed by atoms with van der Waals surface area (Å²) >= 11 is 1.84. The number of benzene rings is 3. The molecule has 2 heterocycles. The minimum Gasteiger partial charge on any atom is -0.492 e. The highest BCUT2D eigenvalue weighted by molar-refractivity contribution is 7.99. The maximum absolute atomic E-state index is 13.0. The minimum atomic E-state index is 0.223. The van der Waals surface area contributed by atoms with Gasteiger partial charge in [0, 0.05) is 30.3 Å². The van der Waals surface area contributed by atoms with Gasteiger partial charge in [0.15, 0.2) is 5.78 Å². The van der Waals surface area contributed by atoms with E-state index in [-0.39, 0.29) is 11.8 Å². The van der Waals surface area contributed by atoms with Gasteiger partial charge in [-0.1, -0.05) is 42.5 Å². The fraction of sp³-hybridized carbons (Fsp3) is 0.346. The zero-order valence-electron chi connectivity index (χ0n) is 17.3. The highest BCUT2D eigenvalue weighted by Crippen LogP contribution is 2.37. The zero-order chi connectivity index (χ0) is 20.5. The van der Waals surface area contributed by atoms with Crippen LogP contribution < -0.4 is 4.74 Å². The van der Waals surface area contributed by atoms with E-state index in [1.807, 2.05) is 23.9 Å². The summed E-state index contributed by atoms with van der Waals surface area (Å²) in [5.41, 5.74) is 2.22. The van der Waals surface area contributed by atoms with E-state index in [0.717, 1.165) is 42.1 Å². The maximum Gasteiger partial charge on any atom is 0.164 e. The van der Waals surface area contributed by atoms with Crippen molar-refractivity contribution < 1.29 is 9.53 Å². The molecular weight excluding hydrogens is 390 g/mol. The fourth-order valence-electron chi connectivity index (χ4n) is 4.66. The van der Waals surface area contributed by atoms with Gasteiger partial charge in [0.25, 0.3) is 0 Å². The van der Waals surface area contributed by atoms with Gasteiger partial charge in [-0.25, -0.2) is 0 Å². The van der Waals surface area contributed by atoms with Crippen molar-refractivity contribution in [1.29, 1.82) is 0 Å². The van der Waals surface area contributed by atoms with Gasteiger partial charge in [-0.2, -0.15) is 0 Å². The highest BCUT2D eigenvalue weighted by Gasteiger charge is 2.28. The molecule has 4 heteroatoms. The van der Waals surface area contributed by atoms with Crippen molar-refractivity contribution >= 4 is 28.3 Å². The lowest BCUT2D eigenvalue weighted by Crippen LogP contribution is -2.32. The van der Waals surface area contributed by atoms with Gasteiger partial charge >= 0.3 is 0 Å². The summed E-state index contributed by atoms with van der Waals surface area (Å²) < 4.78 is 5.80. The average molecular weight is 418 g/mol. The van der Waals surface area contributed by atoms with E-state index in [9.17, 15) is 4.79 Å². The lowest BCUT2D eigenvalue weighted by Gasteiger charge is -2.24. The standard InChI is InChI=1S/C26H27NO2S/c1-18(27-10-9-22(17-27)19-5-3-2-4-6-19)13-24(28)21-8-7-20-16-26-25(15-23(20)14-21)29-11-12-30-26/h2-8,14-16,18,22H,9-13,17H2,1H3. The van der Waals surface area contributed by atoms with Crippen molar-refractivity contribution in [1.82, 2.24) is 4.90 Å². The van der Waals surface area contributed by atoms with E-state index in [0.29, 0.717) is 12.3 Å². The van der Waals surface area contributed by atoms with Crippen LogP contribution in [-0.2, 0) is 0 Å². The van der Waals surface area contributed by atoms with Gasteiger partial charge in [0.05, 0.1) is 11.5 Å². The molecule has 0 amide bonds. The van der Waals surface area contributed by atoms with Gasteiger partial charge in [0.1, 0.15) is 5.75 Å². The Bertz CT molecular complexity index is 1070. The molecule has 0 N–H and O–H groups in total. The van der Waals surface area contributed by atoms with Crippen LogP contribution in [0, 0.1) is 0 Å². The molecule has 30 heavy (non-hydrogen) atoms. The summed E-state index contributed by atoms with van der Waals surface area (Å²) in [6.07, 6.45) is 1.73. The number of thioether (sulfide) groups is 1. The molecule has 0 aromatic heterocycles. The fourth-order valence-corrected chi connectivity index (χ4v) is 5.52. The van der Waals surface area contributed by atoms with E-state index < -0.39 is 0 Å². The zero-order valence-corrected chi connectivity index (χ0v) is 18.2. The Morgan fingerprint density at radius 3 is 2.87 bits per heavy atom. The van der Waals surface area contributed by atoms with E-state index in [2.05, 4.69) is 60.4 Å². The first-order chi connectivity index (χ1) is 14.7. The van der Waals surface area contributed by atoms with Crippen molar-refractivity contribution in [2.24, 2.45) is 0 Å². The molecular formula is C26H27NO2S. The monoisotopic (exact) mass is 417 g/mol. The molecule has 0 spiro atoms. The van der Waals surface area contributed by atoms with Gasteiger partial charge in [-0.15, -0.1) is 11.8 Å². The molecule has 154 valence electrons. The molecule has 3 aromatic rings. The molecule has 3 aromatic carbocycles. The number of Topliss-reactive ketones (excluding diaryl/α,β-unsaturated/α-hetero) is 1. The minimum absolute atomic E-state index is 0.223. The largest absolute Gasteiger partial charge is 0.492 e. The van der Waals surface area contributed by atoms with Crippen molar-refractivity contribution in [2.75, 3.05) is 25.4 Å². The number of nitrogens with zero attached hydrogens (tertiary/aromatic N) is 1. The summed E-state index contributed by atoms with van der Waals surface area (Å²) in [5, 5.41) is 2.25. The third-order valence-corrected chi connectivity index (χ3v) is 7.42. The summed E-state index contributed by atoms with van der Waals surface area (Å²) in [6, 6.07) is 21.4. The predicted molar refractivity (Wildman–Crippen MR) is 124 cm³/mol. The lowest BCUT2D eigenvalue weighted by molar-refractivity contribution is 0.0940. The summed E-state index contributed by atoms with van der Waals surface area (Å²) in [6.45, 7) is 5.04. The van der Waals surface area contributed by atoms with E-state index in [1.54, 1.807) is 0 Å². The Labute approximate surface area is 182 Å². The molecule has 3 nitrogen and oxygen atoms in total. The molecule has 2 unspecified atom stereocenters. The number of fused-ring (bicyclic) bond motifs is 2. The van der Waals surface area contributed by atoms with E-state index in [4.69, 9.17) is 4.74 Å². The summed E-state index contributed by atoms with van der Waals surface area (Å²) in [7, 11) is 0. The number of ketones is 1. The quantitative estimate of drug-likeness (QED) is 0.493. The van der Waals surface area contributed by atoms with Crippen LogP contribution in [0.5, 0.6) is 5.75 Å². The van der Waals surface area contributed by atoms with Gasteiger partial charge in [-0.05, 0) is 60.3 Å². The number of carbonyl (C=O) groups excluding carboxylic acids is 1. The molecule has 2 aliphatic heterocycles. The first kappa shape index (κ1) is 19.7. The number of hydrogen-bond acceptors (Lipinski definition) is 4. The smallest absolute Gasteiger partial charge is 0.164 e. The van der Waals surface area contributed by atoms with Crippen molar-refractivity contribution in [3.05, 3.63) is 71.8 Å². The van der Waals surface area contributed by atoms with Crippen molar-refractivity contribution in [2.45, 2.75) is 36.6 Å². The molecule has 2 aliphatic rings. The molecule has 0 aliphatic carbocycles. The van der Waals surface area contributed by atoms with Crippen LogP contribution in [0.15, 0.2) is 65.6 Å². The second-order valence-electron chi connectivity index (χ2n) is 8.43. The Morgan fingerprint density at radius 2 is 2.00 bits per heavy atom. The highest BCUT2D eigenvalue weighted by atomic mass is 32.2. The van der Waals surface area contributed by atoms with Gasteiger partial charge in [-0.3, -0.25) is 9.69 Å². The molecule has 0 saturated carbocycles. The summed E-state index contributed by atoms with van der Waals surface area (Å²) in [4.78, 5) is 16.7.